The molecule has 4 nitrogen and oxygen atoms in total. The molecule has 1 saturated heterocycles. The van der Waals surface area contributed by atoms with Gasteiger partial charge in [0.15, 0.2) is 0 Å². The zero-order chi connectivity index (χ0) is 11.4. The Hall–Kier alpha value is -0.610. The summed E-state index contributed by atoms with van der Waals surface area (Å²) in [5.74, 6) is -0.138. The first-order chi connectivity index (χ1) is 7.10. The van der Waals surface area contributed by atoms with Gasteiger partial charge in [-0.05, 0) is 26.4 Å². The van der Waals surface area contributed by atoms with Gasteiger partial charge in [-0.15, -0.1) is 0 Å². The third-order valence-electron chi connectivity index (χ3n) is 3.32. The highest BCUT2D eigenvalue weighted by atomic mass is 16.3. The van der Waals surface area contributed by atoms with Crippen LogP contribution in [0.3, 0.4) is 0 Å². The summed E-state index contributed by atoms with van der Waals surface area (Å²) in [6.45, 7) is 3.90. The second kappa shape index (κ2) is 5.47. The van der Waals surface area contributed by atoms with Crippen molar-refractivity contribution in [3.05, 3.63) is 0 Å². The van der Waals surface area contributed by atoms with Crippen molar-refractivity contribution in [2.24, 2.45) is 5.92 Å². The molecule has 1 aliphatic rings. The molecule has 88 valence electrons. The highest BCUT2D eigenvalue weighted by Gasteiger charge is 2.29. The van der Waals surface area contributed by atoms with E-state index in [1.165, 1.54) is 0 Å². The summed E-state index contributed by atoms with van der Waals surface area (Å²) in [4.78, 5) is 16.0. The van der Waals surface area contributed by atoms with Gasteiger partial charge in [-0.2, -0.15) is 0 Å². The predicted molar refractivity (Wildman–Crippen MR) is 59.5 cm³/mol. The molecule has 0 spiro atoms. The minimum absolute atomic E-state index is 0.0395. The SMILES string of the molecule is CCC(CO)C(=O)N(C)C1CCN(C)C1. The maximum atomic E-state index is 11.9. The molecular weight excluding hydrogens is 192 g/mol. The molecule has 0 aromatic carbocycles. The van der Waals surface area contributed by atoms with Crippen LogP contribution in [0.5, 0.6) is 0 Å². The van der Waals surface area contributed by atoms with Gasteiger partial charge < -0.3 is 14.9 Å². The van der Waals surface area contributed by atoms with Gasteiger partial charge in [0.05, 0.1) is 12.5 Å². The van der Waals surface area contributed by atoms with Gasteiger partial charge in [-0.1, -0.05) is 6.92 Å². The molecule has 0 bridgehead atoms. The van der Waals surface area contributed by atoms with E-state index in [-0.39, 0.29) is 18.4 Å². The Morgan fingerprint density at radius 2 is 2.33 bits per heavy atom. The maximum Gasteiger partial charge on any atom is 0.228 e. The zero-order valence-electron chi connectivity index (χ0n) is 9.94. The molecule has 1 fully saturated rings. The first kappa shape index (κ1) is 12.5. The highest BCUT2D eigenvalue weighted by molar-refractivity contribution is 5.79. The van der Waals surface area contributed by atoms with E-state index in [2.05, 4.69) is 11.9 Å². The number of likely N-dealkylation sites (N-methyl/N-ethyl adjacent to an activating group) is 2. The molecule has 0 saturated carbocycles. The molecule has 4 heteroatoms. The van der Waals surface area contributed by atoms with Crippen LogP contribution >= 0.6 is 0 Å². The number of aliphatic hydroxyl groups is 1. The molecule has 0 aromatic heterocycles. The summed E-state index contributed by atoms with van der Waals surface area (Å²) >= 11 is 0. The van der Waals surface area contributed by atoms with Crippen molar-refractivity contribution in [1.82, 2.24) is 9.80 Å². The molecule has 1 amide bonds. The first-order valence-electron chi connectivity index (χ1n) is 5.66. The van der Waals surface area contributed by atoms with Crippen LogP contribution in [0.2, 0.25) is 0 Å². The Balaban J connectivity index is 2.52. The van der Waals surface area contributed by atoms with E-state index >= 15 is 0 Å². The molecule has 2 atom stereocenters. The van der Waals surface area contributed by atoms with Crippen molar-refractivity contribution < 1.29 is 9.90 Å². The lowest BCUT2D eigenvalue weighted by Crippen LogP contribution is -2.42. The average molecular weight is 214 g/mol. The van der Waals surface area contributed by atoms with Crippen molar-refractivity contribution >= 4 is 5.91 Å². The molecule has 1 heterocycles. The number of nitrogens with zero attached hydrogens (tertiary/aromatic N) is 2. The van der Waals surface area contributed by atoms with E-state index in [0.717, 1.165) is 19.5 Å². The van der Waals surface area contributed by atoms with Gasteiger partial charge in [-0.25, -0.2) is 0 Å². The van der Waals surface area contributed by atoms with Gasteiger partial charge in [0.25, 0.3) is 0 Å². The summed E-state index contributed by atoms with van der Waals surface area (Å²) in [7, 11) is 3.92. The molecule has 0 aromatic rings. The second-order valence-electron chi connectivity index (χ2n) is 4.44. The number of amides is 1. The third kappa shape index (κ3) is 2.92. The molecule has 15 heavy (non-hydrogen) atoms. The van der Waals surface area contributed by atoms with Crippen molar-refractivity contribution in [3.63, 3.8) is 0 Å². The molecule has 1 aliphatic heterocycles. The lowest BCUT2D eigenvalue weighted by molar-refractivity contribution is -0.137. The number of carbonyl (C=O) groups excluding carboxylic acids is 1. The van der Waals surface area contributed by atoms with Crippen LogP contribution in [0.25, 0.3) is 0 Å². The van der Waals surface area contributed by atoms with Gasteiger partial charge in [-0.3, -0.25) is 4.79 Å². The quantitative estimate of drug-likeness (QED) is 0.725. The highest BCUT2D eigenvalue weighted by Crippen LogP contribution is 2.16. The molecule has 2 unspecified atom stereocenters. The van der Waals surface area contributed by atoms with E-state index < -0.39 is 0 Å². The molecule has 1 rings (SSSR count). The maximum absolute atomic E-state index is 11.9. The average Bonchev–Trinajstić information content (AvgIpc) is 2.65. The first-order valence-corrected chi connectivity index (χ1v) is 5.66. The van der Waals surface area contributed by atoms with Crippen LogP contribution in [-0.4, -0.2) is 60.6 Å². The summed E-state index contributed by atoms with van der Waals surface area (Å²) in [6, 6.07) is 0.322. The van der Waals surface area contributed by atoms with E-state index in [0.29, 0.717) is 12.5 Å². The Morgan fingerprint density at radius 1 is 1.67 bits per heavy atom. The lowest BCUT2D eigenvalue weighted by atomic mass is 10.1. The normalized spacial score (nSPS) is 24.1. The van der Waals surface area contributed by atoms with Crippen LogP contribution in [-0.2, 0) is 4.79 Å². The van der Waals surface area contributed by atoms with Crippen LogP contribution in [0, 0.1) is 5.92 Å². The topological polar surface area (TPSA) is 43.8 Å². The van der Waals surface area contributed by atoms with E-state index in [9.17, 15) is 4.79 Å². The number of aliphatic hydroxyl groups excluding tert-OH is 1. The van der Waals surface area contributed by atoms with Crippen LogP contribution < -0.4 is 0 Å². The van der Waals surface area contributed by atoms with Crippen LogP contribution in [0.4, 0.5) is 0 Å². The Bertz CT molecular complexity index is 217. The van der Waals surface area contributed by atoms with Gasteiger partial charge in [0.2, 0.25) is 5.91 Å². The largest absolute Gasteiger partial charge is 0.396 e. The van der Waals surface area contributed by atoms with E-state index in [1.54, 1.807) is 0 Å². The van der Waals surface area contributed by atoms with Gasteiger partial charge in [0, 0.05) is 19.6 Å². The molecule has 0 aliphatic carbocycles. The summed E-state index contributed by atoms with van der Waals surface area (Å²) in [5.41, 5.74) is 0. The fraction of sp³-hybridized carbons (Fsp3) is 0.909. The number of hydrogen-bond donors (Lipinski definition) is 1. The van der Waals surface area contributed by atoms with Crippen LogP contribution in [0.15, 0.2) is 0 Å². The second-order valence-corrected chi connectivity index (χ2v) is 4.44. The lowest BCUT2D eigenvalue weighted by Gasteiger charge is -2.27. The van der Waals surface area contributed by atoms with Crippen molar-refractivity contribution in [2.45, 2.75) is 25.8 Å². The molecule has 1 N–H and O–H groups in total. The summed E-state index contributed by atoms with van der Waals surface area (Å²) in [5, 5.41) is 9.08. The summed E-state index contributed by atoms with van der Waals surface area (Å²) < 4.78 is 0. The standard InChI is InChI=1S/C11H22N2O2/c1-4-9(8-14)11(15)13(3)10-5-6-12(2)7-10/h9-10,14H,4-8H2,1-3H3. The minimum Gasteiger partial charge on any atom is -0.396 e. The Kier molecular flexibility index (Phi) is 4.54. The van der Waals surface area contributed by atoms with Crippen molar-refractivity contribution in [3.8, 4) is 0 Å². The fourth-order valence-electron chi connectivity index (χ4n) is 2.08. The smallest absolute Gasteiger partial charge is 0.228 e. The number of carbonyl (C=O) groups is 1. The van der Waals surface area contributed by atoms with E-state index in [1.807, 2.05) is 18.9 Å². The van der Waals surface area contributed by atoms with Crippen molar-refractivity contribution in [2.75, 3.05) is 33.8 Å². The Labute approximate surface area is 91.9 Å². The van der Waals surface area contributed by atoms with Gasteiger partial charge >= 0.3 is 0 Å². The molecular formula is C11H22N2O2. The number of rotatable bonds is 4. The Morgan fingerprint density at radius 3 is 2.73 bits per heavy atom. The monoisotopic (exact) mass is 214 g/mol. The summed E-state index contributed by atoms with van der Waals surface area (Å²) in [6.07, 6.45) is 1.75. The van der Waals surface area contributed by atoms with Crippen molar-refractivity contribution in [1.29, 1.82) is 0 Å². The minimum atomic E-state index is -0.221. The zero-order valence-corrected chi connectivity index (χ0v) is 9.94. The number of hydrogen-bond acceptors (Lipinski definition) is 3. The number of likely N-dealkylation sites (tertiary alicyclic amines) is 1. The van der Waals surface area contributed by atoms with Crippen LogP contribution in [0.1, 0.15) is 19.8 Å². The van der Waals surface area contributed by atoms with Gasteiger partial charge in [0.1, 0.15) is 0 Å². The molecule has 0 radical (unpaired) electrons. The fourth-order valence-corrected chi connectivity index (χ4v) is 2.08. The third-order valence-corrected chi connectivity index (χ3v) is 3.32. The predicted octanol–water partition coefficient (Wildman–Crippen LogP) is 0.167. The van der Waals surface area contributed by atoms with E-state index in [4.69, 9.17) is 5.11 Å².